The number of likely N-dealkylation sites (tertiary alicyclic amines) is 1. The number of carboxylic acid groups (broad SMARTS) is 1. The molecule has 2 saturated heterocycles. The fourth-order valence-corrected chi connectivity index (χ4v) is 7.61. The highest BCUT2D eigenvalue weighted by Gasteiger charge is 2.46. The predicted molar refractivity (Wildman–Crippen MR) is 183 cm³/mol. The number of fused-ring (bicyclic) bond motifs is 1. The second-order valence-electron chi connectivity index (χ2n) is 14.9. The van der Waals surface area contributed by atoms with Gasteiger partial charge in [0.15, 0.2) is 6.29 Å². The van der Waals surface area contributed by atoms with Crippen LogP contribution in [0, 0.1) is 11.8 Å². The van der Waals surface area contributed by atoms with E-state index in [1.54, 1.807) is 12.1 Å². The van der Waals surface area contributed by atoms with Crippen LogP contribution < -0.4 is 10.6 Å². The third kappa shape index (κ3) is 9.22. The average Bonchev–Trinajstić information content (AvgIpc) is 3.05. The number of ether oxygens (including phenoxy) is 2. The van der Waals surface area contributed by atoms with Gasteiger partial charge in [-0.2, -0.15) is 0 Å². The predicted octanol–water partition coefficient (Wildman–Crippen LogP) is 6.10. The molecular formula is C38H53N3O7. The summed E-state index contributed by atoms with van der Waals surface area (Å²) >= 11 is 0. The van der Waals surface area contributed by atoms with Crippen LogP contribution in [0.1, 0.15) is 115 Å². The molecule has 2 aromatic rings. The zero-order valence-corrected chi connectivity index (χ0v) is 28.8. The van der Waals surface area contributed by atoms with E-state index >= 15 is 0 Å². The number of aliphatic carboxylic acids is 1. The monoisotopic (exact) mass is 663 g/mol. The van der Waals surface area contributed by atoms with Gasteiger partial charge < -0.3 is 30.3 Å². The van der Waals surface area contributed by atoms with Gasteiger partial charge in [-0.1, -0.05) is 56.2 Å². The van der Waals surface area contributed by atoms with Crippen LogP contribution in [0.4, 0.5) is 5.69 Å². The van der Waals surface area contributed by atoms with Crippen molar-refractivity contribution in [1.29, 1.82) is 0 Å². The molecule has 0 radical (unpaired) electrons. The molecule has 2 aromatic carbocycles. The maximum atomic E-state index is 13.8. The van der Waals surface area contributed by atoms with Gasteiger partial charge in [0.05, 0.1) is 24.9 Å². The fraction of sp³-hybridized carbons (Fsp3) is 0.605. The van der Waals surface area contributed by atoms with Crippen LogP contribution in [0.3, 0.4) is 0 Å². The molecule has 262 valence electrons. The molecule has 1 saturated carbocycles. The van der Waals surface area contributed by atoms with Crippen molar-refractivity contribution in [2.45, 2.75) is 128 Å². The molecule has 2 amide bonds. The highest BCUT2D eigenvalue weighted by atomic mass is 16.7. The molecular weight excluding hydrogens is 610 g/mol. The number of nitrogens with zero attached hydrogens (tertiary/aromatic N) is 1. The van der Waals surface area contributed by atoms with Gasteiger partial charge in [-0.15, -0.1) is 0 Å². The number of hydrogen-bond donors (Lipinski definition) is 4. The van der Waals surface area contributed by atoms with Gasteiger partial charge in [0.25, 0.3) is 0 Å². The number of aliphatic hydroxyl groups excluding tert-OH is 1. The molecule has 5 rings (SSSR count). The number of hydrogen-bond acceptors (Lipinski definition) is 7. The number of amides is 2. The molecule has 0 aromatic heterocycles. The summed E-state index contributed by atoms with van der Waals surface area (Å²) in [6.45, 7) is 8.81. The first-order chi connectivity index (χ1) is 22.9. The highest BCUT2D eigenvalue weighted by molar-refractivity contribution is 5.90. The molecule has 0 spiro atoms. The molecule has 3 fully saturated rings. The number of carbonyl (C=O) groups excluding carboxylic acids is 2. The molecule has 0 unspecified atom stereocenters. The van der Waals surface area contributed by atoms with E-state index in [9.17, 15) is 19.5 Å². The zero-order valence-electron chi connectivity index (χ0n) is 28.8. The molecule has 4 N–H and O–H groups in total. The molecule has 48 heavy (non-hydrogen) atoms. The largest absolute Gasteiger partial charge is 0.481 e. The summed E-state index contributed by atoms with van der Waals surface area (Å²) in [5.74, 6) is -0.517. The Morgan fingerprint density at radius 1 is 0.896 bits per heavy atom. The molecule has 0 bridgehead atoms. The molecule has 2 heterocycles. The van der Waals surface area contributed by atoms with Crippen molar-refractivity contribution in [2.24, 2.45) is 11.8 Å². The van der Waals surface area contributed by atoms with Crippen molar-refractivity contribution in [2.75, 3.05) is 11.9 Å². The van der Waals surface area contributed by atoms with Gasteiger partial charge >= 0.3 is 5.97 Å². The second kappa shape index (κ2) is 15.9. The molecule has 10 heteroatoms. The first kappa shape index (κ1) is 36.0. The summed E-state index contributed by atoms with van der Waals surface area (Å²) in [6, 6.07) is 15.3. The van der Waals surface area contributed by atoms with E-state index in [1.165, 1.54) is 19.3 Å². The van der Waals surface area contributed by atoms with Crippen molar-refractivity contribution in [3.63, 3.8) is 0 Å². The summed E-state index contributed by atoms with van der Waals surface area (Å²) < 4.78 is 13.5. The maximum Gasteiger partial charge on any atom is 0.303 e. The Bertz CT molecular complexity index is 1390. The Hall–Kier alpha value is -3.31. The molecule has 7 atom stereocenters. The van der Waals surface area contributed by atoms with Crippen LogP contribution in [-0.2, 0) is 30.5 Å². The van der Waals surface area contributed by atoms with E-state index in [-0.39, 0.29) is 67.4 Å². The molecule has 2 aliphatic heterocycles. The summed E-state index contributed by atoms with van der Waals surface area (Å²) in [5, 5.41) is 24.6. The standard InChI is InChI=1S/C38H53N3O7/c1-24-32(22-41-30-9-6-5-8-26(30)18-21-31(41)36(46)40-38(2,3)4)47-37(48-35(24)27-14-12-25(23-42)13-15-27)28-16-19-29(20-17-28)39-33(43)10-7-11-34(44)45/h12-17,19-20,24,26,30-32,35,37,42H,5-11,18,21-23H2,1-4H3,(H,39,43)(H,40,46)(H,44,45)/t24-,26-,30-,31-,32+,35+,37+/m1/s1. The number of carbonyl (C=O) groups is 3. The SMILES string of the molecule is C[C@@H]1[C@H](CN2[C@@H](C(=O)NC(C)(C)C)CC[C@H]3CCCC[C@H]32)O[C@H](c2ccc(NC(=O)CCCC(=O)O)cc2)O[C@@H]1c1ccc(CO)cc1. The molecule has 1 aliphatic carbocycles. The van der Waals surface area contributed by atoms with Gasteiger partial charge in [-0.3, -0.25) is 19.3 Å². The van der Waals surface area contributed by atoms with Crippen LogP contribution in [0.25, 0.3) is 0 Å². The van der Waals surface area contributed by atoms with Crippen LogP contribution >= 0.6 is 0 Å². The zero-order chi connectivity index (χ0) is 34.4. The second-order valence-corrected chi connectivity index (χ2v) is 14.9. The van der Waals surface area contributed by atoms with Crippen molar-refractivity contribution in [1.82, 2.24) is 10.2 Å². The summed E-state index contributed by atoms with van der Waals surface area (Å²) in [7, 11) is 0. The summed E-state index contributed by atoms with van der Waals surface area (Å²) in [6.07, 6.45) is 5.76. The van der Waals surface area contributed by atoms with E-state index in [4.69, 9.17) is 14.6 Å². The van der Waals surface area contributed by atoms with Crippen LogP contribution in [0.2, 0.25) is 0 Å². The van der Waals surface area contributed by atoms with Crippen molar-refractivity contribution in [3.8, 4) is 0 Å². The van der Waals surface area contributed by atoms with Gasteiger partial charge in [-0.05, 0) is 82.1 Å². The van der Waals surface area contributed by atoms with Gasteiger partial charge in [0.2, 0.25) is 11.8 Å². The lowest BCUT2D eigenvalue weighted by Gasteiger charge is -2.51. The molecule has 3 aliphatic rings. The number of piperidine rings is 1. The minimum Gasteiger partial charge on any atom is -0.481 e. The van der Waals surface area contributed by atoms with Gasteiger partial charge in [0, 0.05) is 48.1 Å². The Labute approximate surface area is 284 Å². The third-order valence-corrected chi connectivity index (χ3v) is 10.1. The Balaban J connectivity index is 1.39. The Morgan fingerprint density at radius 3 is 2.25 bits per heavy atom. The van der Waals surface area contributed by atoms with E-state index in [2.05, 4.69) is 22.5 Å². The van der Waals surface area contributed by atoms with Crippen molar-refractivity contribution < 1.29 is 34.1 Å². The number of benzene rings is 2. The van der Waals surface area contributed by atoms with Crippen molar-refractivity contribution in [3.05, 3.63) is 65.2 Å². The number of rotatable bonds is 11. The number of carboxylic acids is 1. The average molecular weight is 664 g/mol. The first-order valence-corrected chi connectivity index (χ1v) is 17.6. The quantitative estimate of drug-likeness (QED) is 0.226. The Morgan fingerprint density at radius 2 is 1.58 bits per heavy atom. The first-order valence-electron chi connectivity index (χ1n) is 17.6. The number of anilines is 1. The van der Waals surface area contributed by atoms with Crippen LogP contribution in [0.5, 0.6) is 0 Å². The van der Waals surface area contributed by atoms with E-state index in [0.717, 1.165) is 36.0 Å². The van der Waals surface area contributed by atoms with Crippen LogP contribution in [-0.4, -0.2) is 63.2 Å². The molecule has 10 nitrogen and oxygen atoms in total. The summed E-state index contributed by atoms with van der Waals surface area (Å²) in [5.41, 5.74) is 2.93. The van der Waals surface area contributed by atoms with Gasteiger partial charge in [0.1, 0.15) is 0 Å². The van der Waals surface area contributed by atoms with Gasteiger partial charge in [-0.25, -0.2) is 0 Å². The van der Waals surface area contributed by atoms with Crippen molar-refractivity contribution >= 4 is 23.5 Å². The fourth-order valence-electron chi connectivity index (χ4n) is 7.61. The smallest absolute Gasteiger partial charge is 0.303 e. The minimum atomic E-state index is -0.919. The van der Waals surface area contributed by atoms with E-state index in [0.29, 0.717) is 24.2 Å². The maximum absolute atomic E-state index is 13.8. The summed E-state index contributed by atoms with van der Waals surface area (Å²) in [4.78, 5) is 39.3. The number of aliphatic hydroxyl groups is 1. The highest BCUT2D eigenvalue weighted by Crippen LogP contribution is 2.44. The lowest BCUT2D eigenvalue weighted by Crippen LogP contribution is -2.61. The lowest BCUT2D eigenvalue weighted by atomic mass is 9.75. The minimum absolute atomic E-state index is 0.0270. The van der Waals surface area contributed by atoms with E-state index < -0.39 is 12.3 Å². The third-order valence-electron chi connectivity index (χ3n) is 10.1. The Kier molecular flexibility index (Phi) is 11.9. The topological polar surface area (TPSA) is 137 Å². The lowest BCUT2D eigenvalue weighted by molar-refractivity contribution is -0.278. The normalized spacial score (nSPS) is 27.9. The number of nitrogens with one attached hydrogen (secondary N) is 2. The van der Waals surface area contributed by atoms with Crippen LogP contribution in [0.15, 0.2) is 48.5 Å². The van der Waals surface area contributed by atoms with E-state index in [1.807, 2.05) is 57.2 Å².